The van der Waals surface area contributed by atoms with Crippen molar-refractivity contribution in [2.45, 2.75) is 52.4 Å². The first-order chi connectivity index (χ1) is 9.63. The highest BCUT2D eigenvalue weighted by Gasteiger charge is 2.36. The maximum absolute atomic E-state index is 9.09. The maximum atomic E-state index is 9.09. The minimum absolute atomic E-state index is 0.361. The van der Waals surface area contributed by atoms with Gasteiger partial charge in [-0.1, -0.05) is 26.7 Å². The Balaban J connectivity index is 1.80. The molecule has 1 aliphatic carbocycles. The number of nitrogens with one attached hydrogen (secondary N) is 1. The van der Waals surface area contributed by atoms with E-state index in [1.165, 1.54) is 58.3 Å². The highest BCUT2D eigenvalue weighted by molar-refractivity contribution is 4.91. The Kier molecular flexibility index (Phi) is 6.31. The van der Waals surface area contributed by atoms with Gasteiger partial charge in [0.25, 0.3) is 0 Å². The molecule has 118 valence electrons. The zero-order valence-corrected chi connectivity index (χ0v) is 13.5. The van der Waals surface area contributed by atoms with Crippen LogP contribution in [0.2, 0.25) is 0 Å². The summed E-state index contributed by atoms with van der Waals surface area (Å²) >= 11 is 0. The summed E-state index contributed by atoms with van der Waals surface area (Å²) in [6.45, 7) is 11.0. The van der Waals surface area contributed by atoms with Crippen molar-refractivity contribution in [1.29, 1.82) is 0 Å². The van der Waals surface area contributed by atoms with Crippen molar-refractivity contribution in [2.24, 2.45) is 17.3 Å². The van der Waals surface area contributed by atoms with E-state index in [1.54, 1.807) is 0 Å². The van der Waals surface area contributed by atoms with Gasteiger partial charge in [0.1, 0.15) is 0 Å². The first-order valence-corrected chi connectivity index (χ1v) is 8.67. The Bertz CT molecular complexity index is 274. The second-order valence-electron chi connectivity index (χ2n) is 7.63. The molecule has 1 saturated heterocycles. The van der Waals surface area contributed by atoms with Gasteiger partial charge in [0.2, 0.25) is 0 Å². The smallest absolute Gasteiger partial charge is 0.0434 e. The first kappa shape index (κ1) is 16.3. The standard InChI is InChI=1S/C17H34N2O/c1-15(2)11-18-13-17(7-3-4-8-17)14-19-9-5-16(12-19)6-10-20/h15-16,18,20H,3-14H2,1-2H3. The van der Waals surface area contributed by atoms with Crippen LogP contribution in [0.1, 0.15) is 52.4 Å². The van der Waals surface area contributed by atoms with Crippen molar-refractivity contribution in [1.82, 2.24) is 10.2 Å². The van der Waals surface area contributed by atoms with Crippen LogP contribution in [0, 0.1) is 17.3 Å². The van der Waals surface area contributed by atoms with Crippen LogP contribution < -0.4 is 5.32 Å². The fraction of sp³-hybridized carbons (Fsp3) is 1.00. The molecule has 2 aliphatic rings. The average molecular weight is 282 g/mol. The molecular weight excluding hydrogens is 248 g/mol. The lowest BCUT2D eigenvalue weighted by atomic mass is 9.85. The number of nitrogens with zero attached hydrogens (tertiary/aromatic N) is 1. The normalized spacial score (nSPS) is 26.7. The summed E-state index contributed by atoms with van der Waals surface area (Å²) in [6.07, 6.45) is 7.91. The molecule has 0 aromatic rings. The van der Waals surface area contributed by atoms with Crippen molar-refractivity contribution in [3.05, 3.63) is 0 Å². The van der Waals surface area contributed by atoms with Crippen LogP contribution in [-0.2, 0) is 0 Å². The zero-order valence-electron chi connectivity index (χ0n) is 13.5. The molecule has 0 aromatic carbocycles. The number of aliphatic hydroxyl groups is 1. The second kappa shape index (κ2) is 7.77. The van der Waals surface area contributed by atoms with E-state index in [0.29, 0.717) is 12.0 Å². The largest absolute Gasteiger partial charge is 0.396 e. The number of rotatable bonds is 8. The minimum Gasteiger partial charge on any atom is -0.396 e. The van der Waals surface area contributed by atoms with E-state index in [4.69, 9.17) is 5.11 Å². The molecule has 3 nitrogen and oxygen atoms in total. The van der Waals surface area contributed by atoms with Gasteiger partial charge in [-0.05, 0) is 56.0 Å². The second-order valence-corrected chi connectivity index (χ2v) is 7.63. The van der Waals surface area contributed by atoms with Crippen LogP contribution in [0.3, 0.4) is 0 Å². The maximum Gasteiger partial charge on any atom is 0.0434 e. The van der Waals surface area contributed by atoms with E-state index in [9.17, 15) is 0 Å². The lowest BCUT2D eigenvalue weighted by molar-refractivity contribution is 0.164. The SMILES string of the molecule is CC(C)CNCC1(CN2CCC(CCO)C2)CCCC1. The number of hydrogen-bond acceptors (Lipinski definition) is 3. The molecule has 2 fully saturated rings. The molecular formula is C17H34N2O. The number of aliphatic hydroxyl groups excluding tert-OH is 1. The van der Waals surface area contributed by atoms with E-state index in [1.807, 2.05) is 0 Å². The van der Waals surface area contributed by atoms with Crippen LogP contribution in [-0.4, -0.2) is 49.3 Å². The van der Waals surface area contributed by atoms with Crippen molar-refractivity contribution in [3.63, 3.8) is 0 Å². The predicted octanol–water partition coefficient (Wildman–Crippen LogP) is 2.50. The molecule has 3 heteroatoms. The molecule has 1 atom stereocenters. The molecule has 1 aliphatic heterocycles. The van der Waals surface area contributed by atoms with Gasteiger partial charge in [-0.3, -0.25) is 0 Å². The Labute approximate surface area is 125 Å². The van der Waals surface area contributed by atoms with E-state index < -0.39 is 0 Å². The third-order valence-electron chi connectivity index (χ3n) is 5.18. The van der Waals surface area contributed by atoms with Gasteiger partial charge in [-0.15, -0.1) is 0 Å². The lowest BCUT2D eigenvalue weighted by Crippen LogP contribution is -2.42. The fourth-order valence-electron chi connectivity index (χ4n) is 4.09. The molecule has 20 heavy (non-hydrogen) atoms. The highest BCUT2D eigenvalue weighted by atomic mass is 16.3. The van der Waals surface area contributed by atoms with Crippen LogP contribution in [0.25, 0.3) is 0 Å². The molecule has 1 saturated carbocycles. The van der Waals surface area contributed by atoms with Gasteiger partial charge < -0.3 is 15.3 Å². The van der Waals surface area contributed by atoms with Crippen molar-refractivity contribution >= 4 is 0 Å². The Morgan fingerprint density at radius 1 is 1.30 bits per heavy atom. The molecule has 2 rings (SSSR count). The lowest BCUT2D eigenvalue weighted by Gasteiger charge is -2.34. The van der Waals surface area contributed by atoms with Crippen molar-refractivity contribution in [3.8, 4) is 0 Å². The van der Waals surface area contributed by atoms with Crippen molar-refractivity contribution < 1.29 is 5.11 Å². The summed E-state index contributed by atoms with van der Waals surface area (Å²) in [4.78, 5) is 2.67. The van der Waals surface area contributed by atoms with E-state index >= 15 is 0 Å². The van der Waals surface area contributed by atoms with Gasteiger partial charge in [-0.2, -0.15) is 0 Å². The van der Waals surface area contributed by atoms with Gasteiger partial charge >= 0.3 is 0 Å². The molecule has 0 radical (unpaired) electrons. The van der Waals surface area contributed by atoms with Gasteiger partial charge in [0.15, 0.2) is 0 Å². The Morgan fingerprint density at radius 3 is 2.70 bits per heavy atom. The van der Waals surface area contributed by atoms with Crippen LogP contribution in [0.4, 0.5) is 0 Å². The van der Waals surface area contributed by atoms with Crippen LogP contribution >= 0.6 is 0 Å². The summed E-state index contributed by atoms with van der Waals surface area (Å²) in [7, 11) is 0. The van der Waals surface area contributed by atoms with Gasteiger partial charge in [0.05, 0.1) is 0 Å². The summed E-state index contributed by atoms with van der Waals surface area (Å²) < 4.78 is 0. The molecule has 0 bridgehead atoms. The number of likely N-dealkylation sites (tertiary alicyclic amines) is 1. The fourth-order valence-corrected chi connectivity index (χ4v) is 4.09. The van der Waals surface area contributed by atoms with E-state index in [2.05, 4.69) is 24.1 Å². The van der Waals surface area contributed by atoms with Gasteiger partial charge in [0, 0.05) is 26.2 Å². The third-order valence-corrected chi connectivity index (χ3v) is 5.18. The molecule has 0 aromatic heterocycles. The molecule has 0 amide bonds. The molecule has 1 unspecified atom stereocenters. The zero-order chi connectivity index (χ0) is 14.4. The average Bonchev–Trinajstić information content (AvgIpc) is 3.00. The van der Waals surface area contributed by atoms with E-state index in [-0.39, 0.29) is 0 Å². The summed E-state index contributed by atoms with van der Waals surface area (Å²) in [5.41, 5.74) is 0.531. The van der Waals surface area contributed by atoms with Crippen molar-refractivity contribution in [2.75, 3.05) is 39.3 Å². The Morgan fingerprint density at radius 2 is 2.05 bits per heavy atom. The monoisotopic (exact) mass is 282 g/mol. The molecule has 0 spiro atoms. The third kappa shape index (κ3) is 4.71. The van der Waals surface area contributed by atoms with E-state index in [0.717, 1.165) is 24.8 Å². The van der Waals surface area contributed by atoms with Crippen LogP contribution in [0.5, 0.6) is 0 Å². The Hall–Kier alpha value is -0.120. The molecule has 1 heterocycles. The van der Waals surface area contributed by atoms with Gasteiger partial charge in [-0.25, -0.2) is 0 Å². The summed E-state index contributed by atoms with van der Waals surface area (Å²) in [5.74, 6) is 1.48. The topological polar surface area (TPSA) is 35.5 Å². The predicted molar refractivity (Wildman–Crippen MR) is 84.9 cm³/mol. The number of hydrogen-bond donors (Lipinski definition) is 2. The summed E-state index contributed by atoms with van der Waals surface area (Å²) in [6, 6.07) is 0. The summed E-state index contributed by atoms with van der Waals surface area (Å²) in [5, 5.41) is 12.8. The minimum atomic E-state index is 0.361. The quantitative estimate of drug-likeness (QED) is 0.718. The molecule has 2 N–H and O–H groups in total. The van der Waals surface area contributed by atoms with Crippen LogP contribution in [0.15, 0.2) is 0 Å². The highest BCUT2D eigenvalue weighted by Crippen LogP contribution is 2.39. The first-order valence-electron chi connectivity index (χ1n) is 8.67.